The van der Waals surface area contributed by atoms with Crippen LogP contribution in [0.1, 0.15) is 6.42 Å². The Balaban J connectivity index is 2.20. The van der Waals surface area contributed by atoms with Crippen LogP contribution in [-0.4, -0.2) is 39.0 Å². The third-order valence-electron chi connectivity index (χ3n) is 2.28. The molecule has 0 aliphatic heterocycles. The van der Waals surface area contributed by atoms with Crippen LogP contribution in [-0.2, 0) is 9.53 Å². The quantitative estimate of drug-likeness (QED) is 0.579. The van der Waals surface area contributed by atoms with Crippen LogP contribution in [0.15, 0.2) is 29.2 Å². The standard InChI is InChI=1S/C13H19NO3S/c1-16-9-3-8-14-13(15)10-18-12-6-4-11(17-2)5-7-12/h4-7H,3,8-10H2,1-2H3,(H,14,15). The van der Waals surface area contributed by atoms with Crippen molar-refractivity contribution < 1.29 is 14.3 Å². The molecule has 0 heterocycles. The molecule has 100 valence electrons. The molecule has 1 aromatic carbocycles. The maximum absolute atomic E-state index is 11.5. The van der Waals surface area contributed by atoms with E-state index in [1.807, 2.05) is 24.3 Å². The van der Waals surface area contributed by atoms with Gasteiger partial charge in [-0.15, -0.1) is 11.8 Å². The van der Waals surface area contributed by atoms with Gasteiger partial charge in [0.05, 0.1) is 12.9 Å². The fraction of sp³-hybridized carbons (Fsp3) is 0.462. The highest BCUT2D eigenvalue weighted by Crippen LogP contribution is 2.20. The van der Waals surface area contributed by atoms with Crippen molar-refractivity contribution in [3.05, 3.63) is 24.3 Å². The van der Waals surface area contributed by atoms with Gasteiger partial charge in [0.15, 0.2) is 0 Å². The van der Waals surface area contributed by atoms with E-state index in [1.165, 1.54) is 11.8 Å². The lowest BCUT2D eigenvalue weighted by molar-refractivity contribution is -0.118. The summed E-state index contributed by atoms with van der Waals surface area (Å²) in [5.74, 6) is 1.30. The van der Waals surface area contributed by atoms with Crippen LogP contribution in [0, 0.1) is 0 Å². The molecular weight excluding hydrogens is 250 g/mol. The highest BCUT2D eigenvalue weighted by molar-refractivity contribution is 8.00. The summed E-state index contributed by atoms with van der Waals surface area (Å²) in [4.78, 5) is 12.6. The lowest BCUT2D eigenvalue weighted by Gasteiger charge is -2.05. The first-order valence-electron chi connectivity index (χ1n) is 5.78. The first-order chi connectivity index (χ1) is 8.76. The average Bonchev–Trinajstić information content (AvgIpc) is 2.42. The minimum Gasteiger partial charge on any atom is -0.497 e. The number of rotatable bonds is 8. The highest BCUT2D eigenvalue weighted by Gasteiger charge is 2.02. The van der Waals surface area contributed by atoms with Crippen molar-refractivity contribution in [3.8, 4) is 5.75 Å². The maximum atomic E-state index is 11.5. The summed E-state index contributed by atoms with van der Waals surface area (Å²) in [7, 11) is 3.29. The summed E-state index contributed by atoms with van der Waals surface area (Å²) in [6.07, 6.45) is 0.843. The number of thioether (sulfide) groups is 1. The number of amides is 1. The molecule has 0 aliphatic carbocycles. The minimum absolute atomic E-state index is 0.0481. The molecule has 0 aliphatic rings. The van der Waals surface area contributed by atoms with Crippen molar-refractivity contribution in [1.29, 1.82) is 0 Å². The number of nitrogens with one attached hydrogen (secondary N) is 1. The van der Waals surface area contributed by atoms with Crippen LogP contribution in [0.5, 0.6) is 5.75 Å². The molecule has 0 spiro atoms. The molecule has 1 N–H and O–H groups in total. The molecule has 0 radical (unpaired) electrons. The topological polar surface area (TPSA) is 47.6 Å². The van der Waals surface area contributed by atoms with E-state index in [2.05, 4.69) is 5.32 Å². The molecule has 0 bridgehead atoms. The van der Waals surface area contributed by atoms with Gasteiger partial charge in [0.25, 0.3) is 0 Å². The molecule has 4 nitrogen and oxygen atoms in total. The molecule has 0 unspecified atom stereocenters. The van der Waals surface area contributed by atoms with E-state index >= 15 is 0 Å². The largest absolute Gasteiger partial charge is 0.497 e. The number of hydrogen-bond donors (Lipinski definition) is 1. The first kappa shape index (κ1) is 14.9. The molecule has 1 aromatic rings. The van der Waals surface area contributed by atoms with Gasteiger partial charge in [-0.2, -0.15) is 0 Å². The number of carbonyl (C=O) groups excluding carboxylic acids is 1. The number of ether oxygens (including phenoxy) is 2. The van der Waals surface area contributed by atoms with Crippen LogP contribution in [0.25, 0.3) is 0 Å². The van der Waals surface area contributed by atoms with Gasteiger partial charge in [-0.3, -0.25) is 4.79 Å². The Morgan fingerprint density at radius 3 is 2.61 bits per heavy atom. The number of hydrogen-bond acceptors (Lipinski definition) is 4. The average molecular weight is 269 g/mol. The van der Waals surface area contributed by atoms with Crippen molar-refractivity contribution in [3.63, 3.8) is 0 Å². The van der Waals surface area contributed by atoms with Gasteiger partial charge in [-0.05, 0) is 30.7 Å². The van der Waals surface area contributed by atoms with Gasteiger partial charge in [0.1, 0.15) is 5.75 Å². The van der Waals surface area contributed by atoms with Crippen molar-refractivity contribution >= 4 is 17.7 Å². The van der Waals surface area contributed by atoms with Crippen LogP contribution in [0.2, 0.25) is 0 Å². The van der Waals surface area contributed by atoms with Crippen molar-refractivity contribution in [2.24, 2.45) is 0 Å². The predicted molar refractivity (Wildman–Crippen MR) is 73.2 cm³/mol. The number of carbonyl (C=O) groups is 1. The van der Waals surface area contributed by atoms with Crippen LogP contribution in [0.3, 0.4) is 0 Å². The molecule has 0 saturated carbocycles. The molecule has 0 saturated heterocycles. The monoisotopic (exact) mass is 269 g/mol. The van der Waals surface area contributed by atoms with Crippen molar-refractivity contribution in [2.45, 2.75) is 11.3 Å². The fourth-order valence-corrected chi connectivity index (χ4v) is 2.04. The van der Waals surface area contributed by atoms with Crippen LogP contribution < -0.4 is 10.1 Å². The summed E-state index contributed by atoms with van der Waals surface area (Å²) in [5, 5.41) is 2.85. The predicted octanol–water partition coefficient (Wildman–Crippen LogP) is 1.94. The van der Waals surface area contributed by atoms with Crippen molar-refractivity contribution in [2.75, 3.05) is 33.1 Å². The Bertz CT molecular complexity index is 354. The summed E-state index contributed by atoms with van der Waals surface area (Å²) in [6.45, 7) is 1.34. The highest BCUT2D eigenvalue weighted by atomic mass is 32.2. The summed E-state index contributed by atoms with van der Waals surface area (Å²) in [5.41, 5.74) is 0. The molecule has 1 amide bonds. The van der Waals surface area contributed by atoms with Gasteiger partial charge in [-0.25, -0.2) is 0 Å². The van der Waals surface area contributed by atoms with Crippen molar-refractivity contribution in [1.82, 2.24) is 5.32 Å². The summed E-state index contributed by atoms with van der Waals surface area (Å²) in [6, 6.07) is 7.67. The van der Waals surface area contributed by atoms with Crippen LogP contribution >= 0.6 is 11.8 Å². The molecule has 1 rings (SSSR count). The third-order valence-corrected chi connectivity index (χ3v) is 3.29. The smallest absolute Gasteiger partial charge is 0.230 e. The van der Waals surface area contributed by atoms with E-state index in [9.17, 15) is 4.79 Å². The molecule has 0 atom stereocenters. The Morgan fingerprint density at radius 1 is 1.28 bits per heavy atom. The van der Waals surface area contributed by atoms with E-state index in [0.717, 1.165) is 17.1 Å². The van der Waals surface area contributed by atoms with E-state index in [1.54, 1.807) is 14.2 Å². The fourth-order valence-electron chi connectivity index (χ4n) is 1.32. The van der Waals surface area contributed by atoms with Gasteiger partial charge in [0, 0.05) is 25.2 Å². The Morgan fingerprint density at radius 2 is 2.00 bits per heavy atom. The van der Waals surface area contributed by atoms with Gasteiger partial charge in [-0.1, -0.05) is 0 Å². The lowest BCUT2D eigenvalue weighted by atomic mass is 10.3. The zero-order valence-corrected chi connectivity index (χ0v) is 11.6. The maximum Gasteiger partial charge on any atom is 0.230 e. The van der Waals surface area contributed by atoms with Crippen LogP contribution in [0.4, 0.5) is 0 Å². The summed E-state index contributed by atoms with van der Waals surface area (Å²) < 4.78 is 9.98. The normalized spacial score (nSPS) is 10.1. The third kappa shape index (κ3) is 5.93. The number of benzene rings is 1. The second kappa shape index (κ2) is 8.83. The first-order valence-corrected chi connectivity index (χ1v) is 6.77. The van der Waals surface area contributed by atoms with Gasteiger partial charge < -0.3 is 14.8 Å². The SMILES string of the molecule is COCCCNC(=O)CSc1ccc(OC)cc1. The second-order valence-corrected chi connectivity index (χ2v) is 4.71. The van der Waals surface area contributed by atoms with E-state index in [4.69, 9.17) is 9.47 Å². The molecule has 0 fully saturated rings. The van der Waals surface area contributed by atoms with Gasteiger partial charge in [0.2, 0.25) is 5.91 Å². The lowest BCUT2D eigenvalue weighted by Crippen LogP contribution is -2.26. The second-order valence-electron chi connectivity index (χ2n) is 3.66. The zero-order valence-electron chi connectivity index (χ0n) is 10.8. The molecule has 5 heteroatoms. The molecular formula is C13H19NO3S. The van der Waals surface area contributed by atoms with E-state index in [-0.39, 0.29) is 5.91 Å². The molecule has 0 aromatic heterocycles. The Labute approximate surface area is 112 Å². The van der Waals surface area contributed by atoms with Gasteiger partial charge >= 0.3 is 0 Å². The summed E-state index contributed by atoms with van der Waals surface area (Å²) >= 11 is 1.51. The Kier molecular flexibility index (Phi) is 7.29. The Hall–Kier alpha value is -1.20. The van der Waals surface area contributed by atoms with E-state index < -0.39 is 0 Å². The number of methoxy groups -OCH3 is 2. The van der Waals surface area contributed by atoms with E-state index in [0.29, 0.717) is 18.9 Å². The molecule has 18 heavy (non-hydrogen) atoms. The zero-order chi connectivity index (χ0) is 13.2. The minimum atomic E-state index is 0.0481.